The molecule has 0 amide bonds. The van der Waals surface area contributed by atoms with Gasteiger partial charge in [-0.15, -0.1) is 0 Å². The smallest absolute Gasteiger partial charge is 0.328 e. The van der Waals surface area contributed by atoms with Gasteiger partial charge in [0.25, 0.3) is 0 Å². The summed E-state index contributed by atoms with van der Waals surface area (Å²) in [6.45, 7) is 2.09. The average molecular weight is 140 g/mol. The Morgan fingerprint density at radius 2 is 2.50 bits per heavy atom. The molecule has 0 spiro atoms. The molecule has 1 saturated carbocycles. The normalized spacial score (nSPS) is 29.3. The largest absolute Gasteiger partial charge is 0.478 e. The van der Waals surface area contributed by atoms with Crippen LogP contribution in [0.15, 0.2) is 11.6 Å². The highest BCUT2D eigenvalue weighted by Gasteiger charge is 2.16. The predicted octanol–water partition coefficient (Wildman–Crippen LogP) is 1.82. The van der Waals surface area contributed by atoms with E-state index in [1.807, 2.05) is 0 Å². The first kappa shape index (κ1) is 7.32. The minimum Gasteiger partial charge on any atom is -0.478 e. The second kappa shape index (κ2) is 2.86. The van der Waals surface area contributed by atoms with E-state index >= 15 is 0 Å². The predicted molar refractivity (Wildman–Crippen MR) is 38.7 cm³/mol. The number of carboxylic acid groups (broad SMARTS) is 1. The van der Waals surface area contributed by atoms with Crippen molar-refractivity contribution in [3.05, 3.63) is 11.6 Å². The topological polar surface area (TPSA) is 37.3 Å². The van der Waals surface area contributed by atoms with E-state index in [1.54, 1.807) is 0 Å². The quantitative estimate of drug-likeness (QED) is 0.564. The lowest BCUT2D eigenvalue weighted by Gasteiger charge is -2.00. The number of hydrogen-bond donors (Lipinski definition) is 1. The van der Waals surface area contributed by atoms with E-state index in [0.717, 1.165) is 24.8 Å². The van der Waals surface area contributed by atoms with Gasteiger partial charge in [0.1, 0.15) is 0 Å². The van der Waals surface area contributed by atoms with Crippen LogP contribution >= 0.6 is 0 Å². The maximum atomic E-state index is 10.2. The third-order valence-corrected chi connectivity index (χ3v) is 2.04. The van der Waals surface area contributed by atoms with Gasteiger partial charge in [-0.1, -0.05) is 12.5 Å². The van der Waals surface area contributed by atoms with Crippen molar-refractivity contribution in [3.8, 4) is 0 Å². The van der Waals surface area contributed by atoms with Gasteiger partial charge in [-0.2, -0.15) is 0 Å². The Bertz CT molecular complexity index is 170. The molecule has 2 nitrogen and oxygen atoms in total. The Labute approximate surface area is 60.6 Å². The Morgan fingerprint density at radius 3 is 2.90 bits per heavy atom. The molecule has 0 bridgehead atoms. The summed E-state index contributed by atoms with van der Waals surface area (Å²) in [4.78, 5) is 10.2. The first-order valence-electron chi connectivity index (χ1n) is 3.63. The van der Waals surface area contributed by atoms with Gasteiger partial charge in [0.15, 0.2) is 0 Å². The van der Waals surface area contributed by atoms with Gasteiger partial charge in [-0.05, 0) is 25.2 Å². The molecule has 0 heterocycles. The highest BCUT2D eigenvalue weighted by molar-refractivity contribution is 5.80. The summed E-state index contributed by atoms with van der Waals surface area (Å²) in [7, 11) is 0. The highest BCUT2D eigenvalue weighted by Crippen LogP contribution is 2.29. The summed E-state index contributed by atoms with van der Waals surface area (Å²) >= 11 is 0. The Hall–Kier alpha value is -0.790. The second-order valence-electron chi connectivity index (χ2n) is 2.85. The summed E-state index contributed by atoms with van der Waals surface area (Å²) in [5.74, 6) is -0.306. The van der Waals surface area contributed by atoms with Crippen LogP contribution in [0.3, 0.4) is 0 Å². The fourth-order valence-electron chi connectivity index (χ4n) is 1.42. The van der Waals surface area contributed by atoms with Gasteiger partial charge in [-0.3, -0.25) is 0 Å². The Balaban J connectivity index is 2.62. The lowest BCUT2D eigenvalue weighted by molar-refractivity contribution is -0.131. The van der Waals surface area contributed by atoms with Gasteiger partial charge in [0.05, 0.1) is 0 Å². The lowest BCUT2D eigenvalue weighted by atomic mass is 10.1. The van der Waals surface area contributed by atoms with E-state index in [2.05, 4.69) is 6.92 Å². The van der Waals surface area contributed by atoms with Crippen molar-refractivity contribution in [1.29, 1.82) is 0 Å². The minimum atomic E-state index is -0.802. The number of rotatable bonds is 1. The van der Waals surface area contributed by atoms with Crippen LogP contribution in [0.2, 0.25) is 0 Å². The molecule has 1 N–H and O–H groups in total. The number of carboxylic acids is 1. The van der Waals surface area contributed by atoms with E-state index < -0.39 is 5.97 Å². The Morgan fingerprint density at radius 1 is 1.80 bits per heavy atom. The molecule has 56 valence electrons. The molecule has 1 rings (SSSR count). The molecule has 0 aliphatic heterocycles. The van der Waals surface area contributed by atoms with Crippen molar-refractivity contribution in [2.75, 3.05) is 0 Å². The van der Waals surface area contributed by atoms with Crippen LogP contribution in [0.25, 0.3) is 0 Å². The molecule has 1 aliphatic rings. The zero-order valence-electron chi connectivity index (χ0n) is 6.13. The van der Waals surface area contributed by atoms with Gasteiger partial charge >= 0.3 is 5.97 Å². The zero-order valence-corrected chi connectivity index (χ0v) is 6.13. The maximum absolute atomic E-state index is 10.2. The third kappa shape index (κ3) is 1.59. The van der Waals surface area contributed by atoms with E-state index in [9.17, 15) is 4.79 Å². The third-order valence-electron chi connectivity index (χ3n) is 2.04. The summed E-state index contributed by atoms with van der Waals surface area (Å²) < 4.78 is 0. The van der Waals surface area contributed by atoms with Crippen molar-refractivity contribution >= 4 is 5.97 Å². The van der Waals surface area contributed by atoms with Crippen molar-refractivity contribution in [3.63, 3.8) is 0 Å². The van der Waals surface area contributed by atoms with Gasteiger partial charge < -0.3 is 5.11 Å². The summed E-state index contributed by atoms with van der Waals surface area (Å²) in [6.07, 6.45) is 4.64. The Kier molecular flexibility index (Phi) is 2.10. The van der Waals surface area contributed by atoms with Crippen LogP contribution in [-0.2, 0) is 4.79 Å². The van der Waals surface area contributed by atoms with E-state index in [-0.39, 0.29) is 0 Å². The number of allylic oxidation sites excluding steroid dienone is 1. The monoisotopic (exact) mass is 140 g/mol. The molecular weight excluding hydrogens is 128 g/mol. The zero-order chi connectivity index (χ0) is 7.56. The molecule has 0 aromatic carbocycles. The van der Waals surface area contributed by atoms with E-state index in [0.29, 0.717) is 5.92 Å². The van der Waals surface area contributed by atoms with Crippen molar-refractivity contribution in [2.24, 2.45) is 5.92 Å². The molecule has 1 aliphatic carbocycles. The van der Waals surface area contributed by atoms with Crippen LogP contribution in [0, 0.1) is 5.92 Å². The first-order valence-corrected chi connectivity index (χ1v) is 3.63. The summed E-state index contributed by atoms with van der Waals surface area (Å²) in [5.41, 5.74) is 1.10. The molecule has 2 heteroatoms. The molecule has 1 atom stereocenters. The molecule has 1 fully saturated rings. The number of aliphatic carboxylic acids is 1. The fourth-order valence-corrected chi connectivity index (χ4v) is 1.42. The lowest BCUT2D eigenvalue weighted by Crippen LogP contribution is -1.94. The van der Waals surface area contributed by atoms with Crippen LogP contribution in [0.4, 0.5) is 0 Å². The molecular formula is C8H12O2. The molecule has 0 aromatic rings. The van der Waals surface area contributed by atoms with E-state index in [4.69, 9.17) is 5.11 Å². The fraction of sp³-hybridized carbons (Fsp3) is 0.625. The number of carbonyl (C=O) groups is 1. The standard InChI is InChI=1S/C8H12O2/c1-6-3-2-4-7(6)5-8(9)10/h5-6H,2-4H2,1H3,(H,9,10)/b7-5-/t6-/m1/s1. The highest BCUT2D eigenvalue weighted by atomic mass is 16.4. The van der Waals surface area contributed by atoms with Gasteiger partial charge in [0, 0.05) is 6.08 Å². The van der Waals surface area contributed by atoms with Crippen LogP contribution in [-0.4, -0.2) is 11.1 Å². The summed E-state index contributed by atoms with van der Waals surface area (Å²) in [5, 5.41) is 8.42. The van der Waals surface area contributed by atoms with Crippen molar-refractivity contribution in [1.82, 2.24) is 0 Å². The van der Waals surface area contributed by atoms with Crippen LogP contribution in [0.1, 0.15) is 26.2 Å². The maximum Gasteiger partial charge on any atom is 0.328 e. The van der Waals surface area contributed by atoms with Crippen molar-refractivity contribution in [2.45, 2.75) is 26.2 Å². The van der Waals surface area contributed by atoms with Crippen LogP contribution < -0.4 is 0 Å². The van der Waals surface area contributed by atoms with Gasteiger partial charge in [-0.25, -0.2) is 4.79 Å². The summed E-state index contributed by atoms with van der Waals surface area (Å²) in [6, 6.07) is 0. The van der Waals surface area contributed by atoms with Gasteiger partial charge in [0.2, 0.25) is 0 Å². The number of hydrogen-bond acceptors (Lipinski definition) is 1. The van der Waals surface area contributed by atoms with Crippen molar-refractivity contribution < 1.29 is 9.90 Å². The van der Waals surface area contributed by atoms with Crippen LogP contribution in [0.5, 0.6) is 0 Å². The molecule has 0 aromatic heterocycles. The SMILES string of the molecule is C[C@@H]1CCC/C1=C/C(=O)O. The molecule has 0 radical (unpaired) electrons. The molecule has 0 saturated heterocycles. The average Bonchev–Trinajstić information content (AvgIpc) is 2.15. The molecule has 0 unspecified atom stereocenters. The van der Waals surface area contributed by atoms with E-state index in [1.165, 1.54) is 6.08 Å². The minimum absolute atomic E-state index is 0.496. The molecule has 10 heavy (non-hydrogen) atoms. The first-order chi connectivity index (χ1) is 4.70. The second-order valence-corrected chi connectivity index (χ2v) is 2.85.